The Balaban J connectivity index is 2.20. The van der Waals surface area contributed by atoms with Crippen LogP contribution in [0.25, 0.3) is 0 Å². The van der Waals surface area contributed by atoms with Crippen molar-refractivity contribution in [3.05, 3.63) is 59.4 Å². The lowest BCUT2D eigenvalue weighted by molar-refractivity contribution is -0.166. The van der Waals surface area contributed by atoms with E-state index in [2.05, 4.69) is 21.3 Å². The van der Waals surface area contributed by atoms with Gasteiger partial charge in [0.05, 0.1) is 18.6 Å². The summed E-state index contributed by atoms with van der Waals surface area (Å²) < 4.78 is 51.0. The van der Waals surface area contributed by atoms with Crippen LogP contribution < -0.4 is 21.3 Å². The van der Waals surface area contributed by atoms with E-state index in [1.807, 2.05) is 30.3 Å². The molecule has 0 saturated heterocycles. The first-order chi connectivity index (χ1) is 25.7. The zero-order valence-corrected chi connectivity index (χ0v) is 34.7. The molecule has 0 spiro atoms. The summed E-state index contributed by atoms with van der Waals surface area (Å²) in [6, 6.07) is 7.15. The number of halogens is 2. The second-order valence-corrected chi connectivity index (χ2v) is 17.7. The van der Waals surface area contributed by atoms with Crippen molar-refractivity contribution in [3.8, 4) is 0 Å². The van der Waals surface area contributed by atoms with Crippen LogP contribution in [0, 0.1) is 10.8 Å². The van der Waals surface area contributed by atoms with Gasteiger partial charge >= 0.3 is 18.2 Å². The Hall–Kier alpha value is -4.53. The Bertz CT molecular complexity index is 1560. The third kappa shape index (κ3) is 18.9. The minimum absolute atomic E-state index is 0.0138. The van der Waals surface area contributed by atoms with E-state index in [9.17, 15) is 32.8 Å². The molecule has 0 radical (unpaired) electrons. The number of benzene rings is 1. The predicted molar refractivity (Wildman–Crippen MR) is 208 cm³/mol. The molecular formula is C41H62F2N4O9. The summed E-state index contributed by atoms with van der Waals surface area (Å²) in [6.45, 7) is 18.4. The van der Waals surface area contributed by atoms with Crippen LogP contribution in [0.4, 0.5) is 18.4 Å². The summed E-state index contributed by atoms with van der Waals surface area (Å²) in [5.74, 6) is -2.55. The highest BCUT2D eigenvalue weighted by Gasteiger charge is 2.38. The average Bonchev–Trinajstić information content (AvgIpc) is 3.04. The number of carbonyl (C=O) groups excluding carboxylic acids is 5. The number of alkyl halides is 1. The van der Waals surface area contributed by atoms with Crippen molar-refractivity contribution in [2.75, 3.05) is 19.7 Å². The van der Waals surface area contributed by atoms with Crippen LogP contribution in [-0.4, -0.2) is 85.2 Å². The van der Waals surface area contributed by atoms with Gasteiger partial charge < -0.3 is 40.2 Å². The first-order valence-electron chi connectivity index (χ1n) is 18.8. The molecule has 0 heterocycles. The molecule has 15 heteroatoms. The second kappa shape index (κ2) is 20.6. The molecule has 1 aromatic carbocycles. The SMILES string of the molecule is CC(C)(CNC(=O)CC(CC1=CC(F)CC=C1F)NC(=O)OC(C)(C)C)CNC(=O)C(OC(=O)C(C)(C)C)C(COCc1ccccc1)NC(=O)OC(C)(C)C. The van der Waals surface area contributed by atoms with Gasteiger partial charge in [-0.25, -0.2) is 18.4 Å². The number of carbonyl (C=O) groups is 5. The number of ether oxygens (including phenoxy) is 4. The molecule has 314 valence electrons. The van der Waals surface area contributed by atoms with Gasteiger partial charge in [0.1, 0.15) is 29.2 Å². The molecule has 0 saturated carbocycles. The number of nitrogens with one attached hydrogen (secondary N) is 4. The van der Waals surface area contributed by atoms with E-state index in [4.69, 9.17) is 18.9 Å². The molecule has 2 rings (SSSR count). The van der Waals surface area contributed by atoms with E-state index in [0.717, 1.165) is 17.7 Å². The molecule has 1 aliphatic rings. The van der Waals surface area contributed by atoms with E-state index in [-0.39, 0.29) is 51.1 Å². The highest BCUT2D eigenvalue weighted by Crippen LogP contribution is 2.27. The van der Waals surface area contributed by atoms with Crippen molar-refractivity contribution in [1.82, 2.24) is 21.3 Å². The molecule has 13 nitrogen and oxygen atoms in total. The van der Waals surface area contributed by atoms with E-state index >= 15 is 0 Å². The van der Waals surface area contributed by atoms with Crippen LogP contribution in [0.5, 0.6) is 0 Å². The molecule has 4 atom stereocenters. The lowest BCUT2D eigenvalue weighted by Crippen LogP contribution is -2.57. The number of allylic oxidation sites excluding steroid dienone is 3. The Morgan fingerprint density at radius 1 is 0.821 bits per heavy atom. The van der Waals surface area contributed by atoms with Crippen molar-refractivity contribution < 1.29 is 51.7 Å². The number of amides is 4. The maximum atomic E-state index is 14.6. The lowest BCUT2D eigenvalue weighted by atomic mass is 9.92. The smallest absolute Gasteiger partial charge is 0.408 e. The number of alkyl carbamates (subject to hydrolysis) is 2. The lowest BCUT2D eigenvalue weighted by Gasteiger charge is -2.32. The molecule has 0 fully saturated rings. The molecule has 4 unspecified atom stereocenters. The molecule has 4 N–H and O–H groups in total. The maximum Gasteiger partial charge on any atom is 0.408 e. The van der Waals surface area contributed by atoms with Gasteiger partial charge in [0, 0.05) is 32.0 Å². The van der Waals surface area contributed by atoms with Crippen LogP contribution in [-0.2, 0) is 39.9 Å². The third-order valence-corrected chi connectivity index (χ3v) is 7.92. The van der Waals surface area contributed by atoms with Gasteiger partial charge in [0.2, 0.25) is 12.0 Å². The number of rotatable bonds is 17. The van der Waals surface area contributed by atoms with Crippen LogP contribution in [0.2, 0.25) is 0 Å². The Labute approximate surface area is 330 Å². The molecular weight excluding hydrogens is 730 g/mol. The minimum Gasteiger partial charge on any atom is -0.450 e. The predicted octanol–water partition coefficient (Wildman–Crippen LogP) is 6.51. The van der Waals surface area contributed by atoms with Crippen molar-refractivity contribution in [2.45, 2.75) is 138 Å². The summed E-state index contributed by atoms with van der Waals surface area (Å²) in [6.07, 6.45) is -2.87. The van der Waals surface area contributed by atoms with E-state index < -0.39 is 82.2 Å². The molecule has 1 aliphatic carbocycles. The van der Waals surface area contributed by atoms with Gasteiger partial charge in [-0.3, -0.25) is 14.4 Å². The Morgan fingerprint density at radius 2 is 1.39 bits per heavy atom. The molecule has 0 aliphatic heterocycles. The first kappa shape index (κ1) is 47.6. The average molecular weight is 793 g/mol. The standard InChI is InChI=1S/C41H62F2N4O9/c1-38(2,3)35(50)54-33(31(47-37(52)56-40(7,8)9)23-53-22-26-15-13-12-14-16-26)34(49)45-25-41(10,11)24-44-32(48)21-29(46-36(51)55-39(4,5)6)20-27-19-28(42)17-18-30(27)43/h12-16,18-19,28-29,31,33H,17,20-25H2,1-11H3,(H,44,48)(H,45,49)(H,46,51)(H,47,52). The quantitative estimate of drug-likeness (QED) is 0.102. The van der Waals surface area contributed by atoms with E-state index in [1.165, 1.54) is 0 Å². The van der Waals surface area contributed by atoms with Gasteiger partial charge in [-0.2, -0.15) is 0 Å². The van der Waals surface area contributed by atoms with Crippen molar-refractivity contribution in [1.29, 1.82) is 0 Å². The Morgan fingerprint density at radius 3 is 1.96 bits per heavy atom. The highest BCUT2D eigenvalue weighted by molar-refractivity contribution is 5.86. The van der Waals surface area contributed by atoms with Gasteiger partial charge in [-0.15, -0.1) is 0 Å². The number of hydrogen-bond donors (Lipinski definition) is 4. The summed E-state index contributed by atoms with van der Waals surface area (Å²) in [5, 5.41) is 10.8. The summed E-state index contributed by atoms with van der Waals surface area (Å²) in [4.78, 5) is 65.8. The molecule has 56 heavy (non-hydrogen) atoms. The van der Waals surface area contributed by atoms with Gasteiger partial charge in [0.25, 0.3) is 5.91 Å². The minimum atomic E-state index is -1.54. The summed E-state index contributed by atoms with van der Waals surface area (Å²) in [7, 11) is 0. The zero-order valence-electron chi connectivity index (χ0n) is 34.7. The van der Waals surface area contributed by atoms with Crippen molar-refractivity contribution in [2.24, 2.45) is 10.8 Å². The monoisotopic (exact) mass is 792 g/mol. The fourth-order valence-electron chi connectivity index (χ4n) is 5.07. The van der Waals surface area contributed by atoms with Crippen molar-refractivity contribution >= 4 is 30.0 Å². The molecule has 4 amide bonds. The molecule has 0 bridgehead atoms. The fraction of sp³-hybridized carbons (Fsp3) is 0.634. The largest absolute Gasteiger partial charge is 0.450 e. The zero-order chi connectivity index (χ0) is 42.5. The van der Waals surface area contributed by atoms with Crippen molar-refractivity contribution in [3.63, 3.8) is 0 Å². The van der Waals surface area contributed by atoms with Crippen LogP contribution in [0.15, 0.2) is 53.9 Å². The second-order valence-electron chi connectivity index (χ2n) is 17.7. The fourth-order valence-corrected chi connectivity index (χ4v) is 5.07. The van der Waals surface area contributed by atoms with Crippen LogP contribution >= 0.6 is 0 Å². The van der Waals surface area contributed by atoms with E-state index in [1.54, 1.807) is 76.2 Å². The maximum absolute atomic E-state index is 14.6. The molecule has 0 aromatic heterocycles. The normalized spacial score (nSPS) is 16.6. The third-order valence-electron chi connectivity index (χ3n) is 7.92. The Kier molecular flexibility index (Phi) is 17.5. The molecule has 1 aromatic rings. The number of esters is 1. The van der Waals surface area contributed by atoms with Gasteiger partial charge in [-0.05, 0) is 97.4 Å². The first-order valence-corrected chi connectivity index (χ1v) is 18.8. The van der Waals surface area contributed by atoms with E-state index in [0.29, 0.717) is 0 Å². The number of hydrogen-bond acceptors (Lipinski definition) is 9. The van der Waals surface area contributed by atoms with Crippen LogP contribution in [0.1, 0.15) is 101 Å². The topological polar surface area (TPSA) is 170 Å². The summed E-state index contributed by atoms with van der Waals surface area (Å²) in [5.41, 5.74) is -2.60. The summed E-state index contributed by atoms with van der Waals surface area (Å²) >= 11 is 0. The van der Waals surface area contributed by atoms with Gasteiger partial charge in [0.15, 0.2) is 0 Å². The van der Waals surface area contributed by atoms with Gasteiger partial charge in [-0.1, -0.05) is 44.2 Å². The van der Waals surface area contributed by atoms with Crippen LogP contribution in [0.3, 0.4) is 0 Å². The highest BCUT2D eigenvalue weighted by atomic mass is 19.1.